The second kappa shape index (κ2) is 9.52. The summed E-state index contributed by atoms with van der Waals surface area (Å²) in [7, 11) is 0. The number of aromatic nitrogens is 3. The maximum atomic E-state index is 12.5. The largest absolute Gasteiger partial charge is 0.343 e. The minimum absolute atomic E-state index is 0. The van der Waals surface area contributed by atoms with Crippen molar-refractivity contribution >= 4 is 52.8 Å². The lowest BCUT2D eigenvalue weighted by Gasteiger charge is -2.31. The molecule has 0 aromatic carbocycles. The number of carbonyl (C=O) groups excluding carboxylic acids is 1. The highest BCUT2D eigenvalue weighted by Gasteiger charge is 2.29. The van der Waals surface area contributed by atoms with Crippen LogP contribution < -0.4 is 10.6 Å². The summed E-state index contributed by atoms with van der Waals surface area (Å²) in [6, 6.07) is 5.38. The van der Waals surface area contributed by atoms with Crippen molar-refractivity contribution in [3.63, 3.8) is 0 Å². The van der Waals surface area contributed by atoms with E-state index in [-0.39, 0.29) is 29.8 Å². The lowest BCUT2D eigenvalue weighted by molar-refractivity contribution is 0.0901. The molecule has 1 atom stereocenters. The summed E-state index contributed by atoms with van der Waals surface area (Å²) in [5.74, 6) is 0.328. The molecular weight excluding hydrogens is 429 g/mol. The first-order chi connectivity index (χ1) is 13.2. The Kier molecular flexibility index (Phi) is 7.57. The molecule has 6 nitrogen and oxygen atoms in total. The van der Waals surface area contributed by atoms with Crippen LogP contribution in [0.1, 0.15) is 47.9 Å². The predicted octanol–water partition coefficient (Wildman–Crippen LogP) is 5.58. The van der Waals surface area contributed by atoms with Crippen LogP contribution in [0.2, 0.25) is 5.02 Å². The van der Waals surface area contributed by atoms with Gasteiger partial charge in [0.1, 0.15) is 5.82 Å². The molecule has 0 bridgehead atoms. The van der Waals surface area contributed by atoms with Crippen molar-refractivity contribution in [2.75, 3.05) is 5.32 Å². The molecule has 1 amide bonds. The quantitative estimate of drug-likeness (QED) is 0.529. The molecule has 3 aromatic rings. The second-order valence-corrected chi connectivity index (χ2v) is 8.82. The number of thiazole rings is 1. The number of carbonyl (C=O) groups is 1. The molecule has 0 aliphatic rings. The molecule has 0 spiro atoms. The van der Waals surface area contributed by atoms with E-state index in [4.69, 9.17) is 11.6 Å². The first-order valence-electron chi connectivity index (χ1n) is 8.79. The molecule has 0 aliphatic heterocycles. The molecule has 0 radical (unpaired) electrons. The summed E-state index contributed by atoms with van der Waals surface area (Å²) >= 11 is 7.78. The number of hydrogen-bond donors (Lipinski definition) is 2. The van der Waals surface area contributed by atoms with Crippen molar-refractivity contribution in [1.29, 1.82) is 0 Å². The van der Waals surface area contributed by atoms with Gasteiger partial charge in [0.2, 0.25) is 0 Å². The molecule has 9 heteroatoms. The number of hydrogen-bond acceptors (Lipinski definition) is 6. The molecule has 2 N–H and O–H groups in total. The van der Waals surface area contributed by atoms with E-state index in [1.54, 1.807) is 24.0 Å². The van der Waals surface area contributed by atoms with E-state index in [0.717, 1.165) is 16.9 Å². The van der Waals surface area contributed by atoms with Crippen LogP contribution >= 0.6 is 35.3 Å². The van der Waals surface area contributed by atoms with Crippen LogP contribution in [-0.2, 0) is 0 Å². The zero-order valence-corrected chi connectivity index (χ0v) is 19.0. The van der Waals surface area contributed by atoms with Crippen LogP contribution in [0.4, 0.5) is 11.5 Å². The first kappa shape index (κ1) is 23.1. The van der Waals surface area contributed by atoms with Gasteiger partial charge in [-0.1, -0.05) is 32.4 Å². The van der Waals surface area contributed by atoms with E-state index in [2.05, 4.69) is 46.4 Å². The number of halogens is 2. The predicted molar refractivity (Wildman–Crippen MR) is 121 cm³/mol. The molecule has 154 valence electrons. The van der Waals surface area contributed by atoms with E-state index < -0.39 is 0 Å². The van der Waals surface area contributed by atoms with Crippen LogP contribution in [0.3, 0.4) is 0 Å². The molecule has 0 saturated carbocycles. The molecule has 0 aliphatic carbocycles. The van der Waals surface area contributed by atoms with Crippen molar-refractivity contribution < 1.29 is 4.79 Å². The SMILES string of the molecule is Cc1ccc(Nc2ncc([C@H](NC(=O)c3nccs3)C(C)(C)C)cc2Cl)cn1.Cl. The van der Waals surface area contributed by atoms with E-state index in [9.17, 15) is 4.79 Å². The van der Waals surface area contributed by atoms with E-state index in [1.807, 2.05) is 25.1 Å². The standard InChI is InChI=1S/C20H22ClN5OS.ClH/c1-12-5-6-14(11-23-12)25-17-15(21)9-13(10-24-17)16(20(2,3)4)26-18(27)19-22-7-8-28-19;/h5-11,16H,1-4H3,(H,24,25)(H,26,27);1H/t16-;/m0./s1. The Morgan fingerprint density at radius 1 is 1.17 bits per heavy atom. The van der Waals surface area contributed by atoms with Crippen LogP contribution in [0.15, 0.2) is 42.2 Å². The summed E-state index contributed by atoms with van der Waals surface area (Å²) < 4.78 is 0. The van der Waals surface area contributed by atoms with Gasteiger partial charge < -0.3 is 10.6 Å². The molecule has 3 aromatic heterocycles. The van der Waals surface area contributed by atoms with Gasteiger partial charge in [-0.15, -0.1) is 23.7 Å². The summed E-state index contributed by atoms with van der Waals surface area (Å²) in [5.41, 5.74) is 2.32. The maximum Gasteiger partial charge on any atom is 0.280 e. The van der Waals surface area contributed by atoms with Gasteiger partial charge in [-0.3, -0.25) is 9.78 Å². The molecule has 29 heavy (non-hydrogen) atoms. The summed E-state index contributed by atoms with van der Waals surface area (Å²) in [5, 5.41) is 8.90. The molecule has 0 saturated heterocycles. The number of nitrogens with zero attached hydrogens (tertiary/aromatic N) is 3. The van der Waals surface area contributed by atoms with Gasteiger partial charge in [-0.05, 0) is 36.1 Å². The average Bonchev–Trinajstić information content (AvgIpc) is 3.17. The number of aryl methyl sites for hydroxylation is 1. The highest BCUT2D eigenvalue weighted by molar-refractivity contribution is 7.11. The normalized spacial score (nSPS) is 12.0. The third-order valence-corrected chi connectivity index (χ3v) is 5.20. The smallest absolute Gasteiger partial charge is 0.280 e. The topological polar surface area (TPSA) is 79.8 Å². The monoisotopic (exact) mass is 451 g/mol. The van der Waals surface area contributed by atoms with Gasteiger partial charge in [0, 0.05) is 23.5 Å². The van der Waals surface area contributed by atoms with Crippen molar-refractivity contribution in [1.82, 2.24) is 20.3 Å². The van der Waals surface area contributed by atoms with E-state index >= 15 is 0 Å². The average molecular weight is 452 g/mol. The highest BCUT2D eigenvalue weighted by atomic mass is 35.5. The fourth-order valence-corrected chi connectivity index (χ4v) is 3.47. The van der Waals surface area contributed by atoms with Crippen LogP contribution in [0, 0.1) is 12.3 Å². The van der Waals surface area contributed by atoms with Gasteiger partial charge >= 0.3 is 0 Å². The summed E-state index contributed by atoms with van der Waals surface area (Å²) in [6.45, 7) is 8.09. The van der Waals surface area contributed by atoms with Crippen molar-refractivity contribution in [3.05, 3.63) is 63.5 Å². The minimum Gasteiger partial charge on any atom is -0.343 e. The summed E-state index contributed by atoms with van der Waals surface area (Å²) in [6.07, 6.45) is 5.08. The van der Waals surface area contributed by atoms with Crippen LogP contribution in [-0.4, -0.2) is 20.9 Å². The molecule has 0 unspecified atom stereocenters. The number of anilines is 2. The minimum atomic E-state index is -0.274. The number of nitrogens with one attached hydrogen (secondary N) is 2. The fraction of sp³-hybridized carbons (Fsp3) is 0.300. The van der Waals surface area contributed by atoms with Crippen molar-refractivity contribution in [2.24, 2.45) is 5.41 Å². The summed E-state index contributed by atoms with van der Waals surface area (Å²) in [4.78, 5) is 25.3. The lowest BCUT2D eigenvalue weighted by Crippen LogP contribution is -2.36. The number of pyridine rings is 2. The van der Waals surface area contributed by atoms with Crippen LogP contribution in [0.5, 0.6) is 0 Å². The third kappa shape index (κ3) is 5.88. The maximum absolute atomic E-state index is 12.5. The molecular formula is C20H23Cl2N5OS. The van der Waals surface area contributed by atoms with Gasteiger partial charge in [0.05, 0.1) is 22.9 Å². The Morgan fingerprint density at radius 2 is 1.93 bits per heavy atom. The van der Waals surface area contributed by atoms with Crippen molar-refractivity contribution in [2.45, 2.75) is 33.7 Å². The fourth-order valence-electron chi connectivity index (χ4n) is 2.71. The lowest BCUT2D eigenvalue weighted by atomic mass is 9.83. The van der Waals surface area contributed by atoms with Crippen LogP contribution in [0.25, 0.3) is 0 Å². The second-order valence-electron chi connectivity index (χ2n) is 7.52. The number of amides is 1. The van der Waals surface area contributed by atoms with Gasteiger partial charge in [0.15, 0.2) is 5.01 Å². The number of rotatable bonds is 5. The van der Waals surface area contributed by atoms with Crippen molar-refractivity contribution in [3.8, 4) is 0 Å². The Labute approximate surface area is 185 Å². The molecule has 3 heterocycles. The Morgan fingerprint density at radius 3 is 2.48 bits per heavy atom. The first-order valence-corrected chi connectivity index (χ1v) is 10.1. The third-order valence-electron chi connectivity index (χ3n) is 4.14. The molecule has 0 fully saturated rings. The van der Waals surface area contributed by atoms with Gasteiger partial charge in [-0.25, -0.2) is 9.97 Å². The van der Waals surface area contributed by atoms with E-state index in [0.29, 0.717) is 15.8 Å². The van der Waals surface area contributed by atoms with E-state index in [1.165, 1.54) is 11.3 Å². The zero-order valence-electron chi connectivity index (χ0n) is 16.6. The van der Waals surface area contributed by atoms with Gasteiger partial charge in [-0.2, -0.15) is 0 Å². The Balaban J connectivity index is 0.00000300. The van der Waals surface area contributed by atoms with Gasteiger partial charge in [0.25, 0.3) is 5.91 Å². The Hall–Kier alpha value is -2.22. The highest BCUT2D eigenvalue weighted by Crippen LogP contribution is 2.35. The Bertz CT molecular complexity index is 956. The zero-order chi connectivity index (χ0) is 20.3. The molecule has 3 rings (SSSR count).